The van der Waals surface area contributed by atoms with E-state index in [4.69, 9.17) is 5.11 Å². The van der Waals surface area contributed by atoms with Crippen LogP contribution in [0.25, 0.3) is 5.69 Å². The third kappa shape index (κ3) is 2.67. The number of aromatic amines is 1. The zero-order valence-corrected chi connectivity index (χ0v) is 9.97. The van der Waals surface area contributed by atoms with Gasteiger partial charge in [-0.3, -0.25) is 0 Å². The Hall–Kier alpha value is -2.32. The molecule has 0 aliphatic carbocycles. The van der Waals surface area contributed by atoms with Crippen LogP contribution in [0.15, 0.2) is 29.3 Å². The van der Waals surface area contributed by atoms with Gasteiger partial charge in [0.25, 0.3) is 0 Å². The predicted octanol–water partition coefficient (Wildman–Crippen LogP) is 0.603. The number of aliphatic hydroxyl groups is 1. The van der Waals surface area contributed by atoms with Crippen LogP contribution in [0, 0.1) is 18.8 Å². The Balaban J connectivity index is 2.43. The average Bonchev–Trinajstić information content (AvgIpc) is 2.75. The maximum atomic E-state index is 11.5. The molecule has 2 rings (SSSR count). The minimum atomic E-state index is -0.283. The van der Waals surface area contributed by atoms with Crippen LogP contribution in [0.5, 0.6) is 0 Å². The van der Waals surface area contributed by atoms with Crippen LogP contribution in [0.3, 0.4) is 0 Å². The summed E-state index contributed by atoms with van der Waals surface area (Å²) >= 11 is 0. The summed E-state index contributed by atoms with van der Waals surface area (Å²) in [4.78, 5) is 11.5. The molecule has 2 aromatic rings. The van der Waals surface area contributed by atoms with Crippen LogP contribution < -0.4 is 5.69 Å². The van der Waals surface area contributed by atoms with Crippen molar-refractivity contribution in [1.82, 2.24) is 14.8 Å². The number of aromatic nitrogens is 3. The Labute approximate surface area is 104 Å². The van der Waals surface area contributed by atoms with Gasteiger partial charge in [-0.25, -0.2) is 14.5 Å². The molecule has 2 N–H and O–H groups in total. The Kier molecular flexibility index (Phi) is 3.60. The smallest absolute Gasteiger partial charge is 0.347 e. The van der Waals surface area contributed by atoms with Crippen LogP contribution in [-0.4, -0.2) is 26.5 Å². The SMILES string of the molecule is Cc1cc(C#CCCO)cc(-n2cn[nH]c2=O)c1. The summed E-state index contributed by atoms with van der Waals surface area (Å²) in [6, 6.07) is 5.63. The summed E-state index contributed by atoms with van der Waals surface area (Å²) in [6.07, 6.45) is 1.87. The number of aliphatic hydroxyl groups excluding tert-OH is 1. The van der Waals surface area contributed by atoms with Crippen molar-refractivity contribution in [2.75, 3.05) is 6.61 Å². The Morgan fingerprint density at radius 2 is 2.28 bits per heavy atom. The molecule has 92 valence electrons. The summed E-state index contributed by atoms with van der Waals surface area (Å²) in [6.45, 7) is 1.98. The largest absolute Gasteiger partial charge is 0.395 e. The first-order valence-electron chi connectivity index (χ1n) is 5.54. The predicted molar refractivity (Wildman–Crippen MR) is 67.5 cm³/mol. The molecule has 0 unspecified atom stereocenters. The van der Waals surface area contributed by atoms with Crippen molar-refractivity contribution >= 4 is 0 Å². The maximum Gasteiger partial charge on any atom is 0.347 e. The van der Waals surface area contributed by atoms with Gasteiger partial charge in [-0.05, 0) is 30.7 Å². The Morgan fingerprint density at radius 1 is 1.44 bits per heavy atom. The van der Waals surface area contributed by atoms with E-state index < -0.39 is 0 Å². The fourth-order valence-corrected chi connectivity index (χ4v) is 1.63. The third-order valence-electron chi connectivity index (χ3n) is 2.36. The molecule has 0 radical (unpaired) electrons. The topological polar surface area (TPSA) is 70.9 Å². The van der Waals surface area contributed by atoms with E-state index in [9.17, 15) is 4.79 Å². The molecule has 0 aliphatic heterocycles. The first-order chi connectivity index (χ1) is 8.70. The molecule has 0 bridgehead atoms. The van der Waals surface area contributed by atoms with Gasteiger partial charge >= 0.3 is 5.69 Å². The lowest BCUT2D eigenvalue weighted by atomic mass is 10.1. The minimum absolute atomic E-state index is 0.0485. The summed E-state index contributed by atoms with van der Waals surface area (Å²) < 4.78 is 1.42. The Bertz CT molecular complexity index is 659. The highest BCUT2D eigenvalue weighted by molar-refractivity contribution is 5.46. The van der Waals surface area contributed by atoms with E-state index in [0.717, 1.165) is 16.8 Å². The highest BCUT2D eigenvalue weighted by Gasteiger charge is 2.02. The van der Waals surface area contributed by atoms with Gasteiger partial charge in [-0.1, -0.05) is 11.8 Å². The van der Waals surface area contributed by atoms with E-state index >= 15 is 0 Å². The summed E-state index contributed by atoms with van der Waals surface area (Å²) in [7, 11) is 0. The zero-order chi connectivity index (χ0) is 13.0. The molecule has 0 atom stereocenters. The van der Waals surface area contributed by atoms with Gasteiger partial charge in [0.15, 0.2) is 0 Å². The second kappa shape index (κ2) is 5.34. The molecule has 0 aliphatic rings. The van der Waals surface area contributed by atoms with E-state index in [-0.39, 0.29) is 12.3 Å². The summed E-state index contributed by atoms with van der Waals surface area (Å²) in [5.74, 6) is 5.81. The minimum Gasteiger partial charge on any atom is -0.395 e. The monoisotopic (exact) mass is 243 g/mol. The summed E-state index contributed by atoms with van der Waals surface area (Å²) in [5, 5.41) is 14.7. The molecule has 0 saturated carbocycles. The number of nitrogens with one attached hydrogen (secondary N) is 1. The van der Waals surface area contributed by atoms with E-state index in [1.54, 1.807) is 0 Å². The van der Waals surface area contributed by atoms with Gasteiger partial charge in [-0.2, -0.15) is 5.10 Å². The van der Waals surface area contributed by atoms with Crippen LogP contribution in [0.4, 0.5) is 0 Å². The van der Waals surface area contributed by atoms with Crippen LogP contribution in [-0.2, 0) is 0 Å². The molecule has 1 aromatic carbocycles. The maximum absolute atomic E-state index is 11.5. The average molecular weight is 243 g/mol. The van der Waals surface area contributed by atoms with Crippen molar-refractivity contribution in [2.45, 2.75) is 13.3 Å². The first-order valence-corrected chi connectivity index (χ1v) is 5.54. The Morgan fingerprint density at radius 3 is 2.94 bits per heavy atom. The van der Waals surface area contributed by atoms with Crippen molar-refractivity contribution in [3.05, 3.63) is 46.1 Å². The molecule has 5 nitrogen and oxygen atoms in total. The molecule has 1 heterocycles. The number of hydrogen-bond donors (Lipinski definition) is 2. The van der Waals surface area contributed by atoms with Crippen molar-refractivity contribution in [1.29, 1.82) is 0 Å². The standard InChI is InChI=1S/C13H13N3O2/c1-10-6-11(4-2-3-5-17)8-12(7-10)16-9-14-15-13(16)18/h6-9,17H,3,5H2,1H3,(H,15,18). The molecular formula is C13H13N3O2. The molecule has 0 saturated heterocycles. The molecule has 18 heavy (non-hydrogen) atoms. The van der Waals surface area contributed by atoms with Gasteiger partial charge in [0.2, 0.25) is 0 Å². The third-order valence-corrected chi connectivity index (χ3v) is 2.36. The van der Waals surface area contributed by atoms with Crippen molar-refractivity contribution < 1.29 is 5.11 Å². The number of H-pyrrole nitrogens is 1. The lowest BCUT2D eigenvalue weighted by Crippen LogP contribution is -2.14. The van der Waals surface area contributed by atoms with Crippen LogP contribution in [0.2, 0.25) is 0 Å². The van der Waals surface area contributed by atoms with Crippen molar-refractivity contribution in [3.8, 4) is 17.5 Å². The van der Waals surface area contributed by atoms with Crippen LogP contribution >= 0.6 is 0 Å². The quantitative estimate of drug-likeness (QED) is 0.759. The second-order valence-electron chi connectivity index (χ2n) is 3.86. The fourth-order valence-electron chi connectivity index (χ4n) is 1.63. The van der Waals surface area contributed by atoms with Crippen molar-refractivity contribution in [2.24, 2.45) is 0 Å². The lowest BCUT2D eigenvalue weighted by Gasteiger charge is -2.03. The normalized spacial score (nSPS) is 9.89. The fraction of sp³-hybridized carbons (Fsp3) is 0.231. The van der Waals surface area contributed by atoms with E-state index in [0.29, 0.717) is 6.42 Å². The molecule has 0 amide bonds. The number of benzene rings is 1. The number of rotatable bonds is 2. The second-order valence-corrected chi connectivity index (χ2v) is 3.86. The van der Waals surface area contributed by atoms with E-state index in [2.05, 4.69) is 22.0 Å². The van der Waals surface area contributed by atoms with Gasteiger partial charge in [0.1, 0.15) is 6.33 Å². The van der Waals surface area contributed by atoms with Crippen LogP contribution in [0.1, 0.15) is 17.5 Å². The number of hydrogen-bond acceptors (Lipinski definition) is 3. The van der Waals surface area contributed by atoms with Gasteiger partial charge in [0, 0.05) is 12.0 Å². The highest BCUT2D eigenvalue weighted by Crippen LogP contribution is 2.11. The highest BCUT2D eigenvalue weighted by atomic mass is 16.2. The molecule has 5 heteroatoms. The molecule has 1 aromatic heterocycles. The summed E-state index contributed by atoms with van der Waals surface area (Å²) in [5.41, 5.74) is 2.26. The lowest BCUT2D eigenvalue weighted by molar-refractivity contribution is 0.305. The molecule has 0 spiro atoms. The number of nitrogens with zero attached hydrogens (tertiary/aromatic N) is 2. The zero-order valence-electron chi connectivity index (χ0n) is 9.97. The first kappa shape index (κ1) is 12.1. The van der Waals surface area contributed by atoms with Gasteiger partial charge in [-0.15, -0.1) is 0 Å². The van der Waals surface area contributed by atoms with Gasteiger partial charge in [0.05, 0.1) is 12.3 Å². The molecular weight excluding hydrogens is 230 g/mol. The number of aryl methyl sites for hydroxylation is 1. The van der Waals surface area contributed by atoms with E-state index in [1.807, 2.05) is 25.1 Å². The van der Waals surface area contributed by atoms with Gasteiger partial charge < -0.3 is 5.11 Å². The molecule has 0 fully saturated rings. The van der Waals surface area contributed by atoms with Crippen molar-refractivity contribution in [3.63, 3.8) is 0 Å². The van der Waals surface area contributed by atoms with E-state index in [1.165, 1.54) is 10.9 Å².